The largest absolute Gasteiger partial charge is 0.383 e. The molecular formula is C14H20N2O. The number of Topliss-reactive ketones (excluding diaryl/α,β-unsaturated/α-hetero) is 1. The number of nitrogens with zero attached hydrogens (tertiary/aromatic N) is 1. The molecule has 0 saturated heterocycles. The predicted octanol–water partition coefficient (Wildman–Crippen LogP) is 2.22. The van der Waals surface area contributed by atoms with Crippen molar-refractivity contribution in [3.8, 4) is 0 Å². The van der Waals surface area contributed by atoms with Gasteiger partial charge < -0.3 is 5.32 Å². The Hall–Kier alpha value is -1.12. The lowest BCUT2D eigenvalue weighted by molar-refractivity contribution is -0.116. The number of hydrogen-bond acceptors (Lipinski definition) is 3. The highest BCUT2D eigenvalue weighted by Crippen LogP contribution is 2.30. The van der Waals surface area contributed by atoms with Crippen LogP contribution in [-0.4, -0.2) is 24.1 Å². The summed E-state index contributed by atoms with van der Waals surface area (Å²) in [5.41, 5.74) is 2.02. The SMILES string of the molecule is C[C@@H]1CC(=O)C2=C(C1)N[C@@H]1CCCC[C@@H]1N=C2. The van der Waals surface area contributed by atoms with E-state index < -0.39 is 0 Å². The molecule has 3 rings (SSSR count). The van der Waals surface area contributed by atoms with Crippen molar-refractivity contribution in [2.75, 3.05) is 0 Å². The van der Waals surface area contributed by atoms with E-state index >= 15 is 0 Å². The average molecular weight is 232 g/mol. The normalized spacial score (nSPS) is 37.0. The van der Waals surface area contributed by atoms with Crippen molar-refractivity contribution in [3.05, 3.63) is 11.3 Å². The van der Waals surface area contributed by atoms with Crippen LogP contribution in [0.15, 0.2) is 16.3 Å². The lowest BCUT2D eigenvalue weighted by atomic mass is 9.86. The molecule has 0 radical (unpaired) electrons. The van der Waals surface area contributed by atoms with Crippen LogP contribution in [0.3, 0.4) is 0 Å². The van der Waals surface area contributed by atoms with Crippen molar-refractivity contribution in [1.82, 2.24) is 5.32 Å². The fraction of sp³-hybridized carbons (Fsp3) is 0.714. The summed E-state index contributed by atoms with van der Waals surface area (Å²) in [6, 6.07) is 0.850. The van der Waals surface area contributed by atoms with E-state index in [-0.39, 0.29) is 5.78 Å². The molecule has 0 aromatic carbocycles. The maximum atomic E-state index is 12.0. The number of carbonyl (C=O) groups excluding carboxylic acids is 1. The van der Waals surface area contributed by atoms with Gasteiger partial charge >= 0.3 is 0 Å². The Kier molecular flexibility index (Phi) is 2.77. The van der Waals surface area contributed by atoms with Crippen LogP contribution in [0.4, 0.5) is 0 Å². The van der Waals surface area contributed by atoms with E-state index in [1.165, 1.54) is 25.7 Å². The maximum absolute atomic E-state index is 12.0. The van der Waals surface area contributed by atoms with Crippen LogP contribution in [0.2, 0.25) is 0 Å². The number of ketones is 1. The Morgan fingerprint density at radius 3 is 3.00 bits per heavy atom. The number of allylic oxidation sites excluding steroid dienone is 2. The summed E-state index contributed by atoms with van der Waals surface area (Å²) in [7, 11) is 0. The topological polar surface area (TPSA) is 41.5 Å². The van der Waals surface area contributed by atoms with Crippen LogP contribution < -0.4 is 5.32 Å². The molecule has 92 valence electrons. The van der Waals surface area contributed by atoms with Gasteiger partial charge in [-0.15, -0.1) is 0 Å². The minimum Gasteiger partial charge on any atom is -0.383 e. The molecule has 0 aromatic rings. The zero-order valence-corrected chi connectivity index (χ0v) is 10.4. The number of nitrogens with one attached hydrogen (secondary N) is 1. The van der Waals surface area contributed by atoms with E-state index in [4.69, 9.17) is 0 Å². The molecule has 3 nitrogen and oxygen atoms in total. The van der Waals surface area contributed by atoms with Gasteiger partial charge in [-0.25, -0.2) is 0 Å². The van der Waals surface area contributed by atoms with Gasteiger partial charge in [-0.2, -0.15) is 0 Å². The molecule has 1 saturated carbocycles. The zero-order valence-electron chi connectivity index (χ0n) is 10.4. The fourth-order valence-corrected chi connectivity index (χ4v) is 3.26. The van der Waals surface area contributed by atoms with Gasteiger partial charge in [0.15, 0.2) is 5.78 Å². The third kappa shape index (κ3) is 2.03. The molecule has 3 atom stereocenters. The lowest BCUT2D eigenvalue weighted by Gasteiger charge is -2.31. The van der Waals surface area contributed by atoms with Crippen molar-refractivity contribution in [2.45, 2.75) is 57.5 Å². The molecule has 0 spiro atoms. The minimum absolute atomic E-state index is 0.272. The van der Waals surface area contributed by atoms with Crippen LogP contribution >= 0.6 is 0 Å². The van der Waals surface area contributed by atoms with Crippen LogP contribution in [0.1, 0.15) is 45.4 Å². The molecule has 3 aliphatic rings. The van der Waals surface area contributed by atoms with E-state index in [0.717, 1.165) is 17.7 Å². The monoisotopic (exact) mass is 232 g/mol. The van der Waals surface area contributed by atoms with E-state index in [0.29, 0.717) is 24.4 Å². The van der Waals surface area contributed by atoms with E-state index in [1.54, 1.807) is 0 Å². The Labute approximate surface area is 102 Å². The Bertz CT molecular complexity index is 397. The van der Waals surface area contributed by atoms with E-state index in [1.807, 2.05) is 6.21 Å². The molecular weight excluding hydrogens is 212 g/mol. The molecule has 0 aromatic heterocycles. The number of fused-ring (bicyclic) bond motifs is 1. The van der Waals surface area contributed by atoms with Crippen LogP contribution in [-0.2, 0) is 4.79 Å². The first-order chi connectivity index (χ1) is 8.24. The predicted molar refractivity (Wildman–Crippen MR) is 68.1 cm³/mol. The highest BCUT2D eigenvalue weighted by Gasteiger charge is 2.31. The quantitative estimate of drug-likeness (QED) is 0.696. The smallest absolute Gasteiger partial charge is 0.166 e. The van der Waals surface area contributed by atoms with Crippen molar-refractivity contribution in [1.29, 1.82) is 0 Å². The van der Waals surface area contributed by atoms with Crippen LogP contribution in [0.25, 0.3) is 0 Å². The molecule has 1 aliphatic heterocycles. The van der Waals surface area contributed by atoms with Gasteiger partial charge in [-0.3, -0.25) is 9.79 Å². The summed E-state index contributed by atoms with van der Waals surface area (Å²) in [6.45, 7) is 2.16. The van der Waals surface area contributed by atoms with Crippen molar-refractivity contribution in [2.24, 2.45) is 10.9 Å². The van der Waals surface area contributed by atoms with Gasteiger partial charge in [0.2, 0.25) is 0 Å². The van der Waals surface area contributed by atoms with Crippen LogP contribution in [0, 0.1) is 5.92 Å². The van der Waals surface area contributed by atoms with E-state index in [2.05, 4.69) is 17.2 Å². The molecule has 0 amide bonds. The second-order valence-electron chi connectivity index (χ2n) is 5.71. The molecule has 0 unspecified atom stereocenters. The highest BCUT2D eigenvalue weighted by molar-refractivity contribution is 6.14. The molecule has 1 N–H and O–H groups in total. The third-order valence-corrected chi connectivity index (χ3v) is 4.20. The summed E-state index contributed by atoms with van der Waals surface area (Å²) in [5, 5.41) is 3.61. The average Bonchev–Trinajstić information content (AvgIpc) is 2.47. The maximum Gasteiger partial charge on any atom is 0.166 e. The van der Waals surface area contributed by atoms with Gasteiger partial charge in [0.25, 0.3) is 0 Å². The highest BCUT2D eigenvalue weighted by atomic mass is 16.1. The second-order valence-corrected chi connectivity index (χ2v) is 5.71. The van der Waals surface area contributed by atoms with E-state index in [9.17, 15) is 4.79 Å². The summed E-state index contributed by atoms with van der Waals surface area (Å²) in [6.07, 6.45) is 8.47. The Balaban J connectivity index is 1.90. The molecule has 3 heteroatoms. The zero-order chi connectivity index (χ0) is 11.8. The fourth-order valence-electron chi connectivity index (χ4n) is 3.26. The van der Waals surface area contributed by atoms with Gasteiger partial charge in [-0.05, 0) is 25.2 Å². The van der Waals surface area contributed by atoms with Gasteiger partial charge in [0, 0.05) is 24.4 Å². The van der Waals surface area contributed by atoms with Gasteiger partial charge in [0.1, 0.15) is 0 Å². The Morgan fingerprint density at radius 1 is 1.29 bits per heavy atom. The molecule has 1 fully saturated rings. The standard InChI is InChI=1S/C14H20N2O/c1-9-6-13-10(14(17)7-9)8-15-11-4-2-3-5-12(11)16-13/h8-9,11-12,16H,2-7H2,1H3/t9-,11-,12+/m0/s1. The number of hydrogen-bond donors (Lipinski definition) is 1. The van der Waals surface area contributed by atoms with Crippen molar-refractivity contribution >= 4 is 12.0 Å². The van der Waals surface area contributed by atoms with Gasteiger partial charge in [-0.1, -0.05) is 19.8 Å². The molecule has 2 aliphatic carbocycles. The first-order valence-electron chi connectivity index (χ1n) is 6.80. The second kappa shape index (κ2) is 4.28. The number of rotatable bonds is 0. The first-order valence-corrected chi connectivity index (χ1v) is 6.80. The molecule has 17 heavy (non-hydrogen) atoms. The van der Waals surface area contributed by atoms with Crippen molar-refractivity contribution < 1.29 is 4.79 Å². The molecule has 0 bridgehead atoms. The Morgan fingerprint density at radius 2 is 2.12 bits per heavy atom. The minimum atomic E-state index is 0.272. The number of carbonyl (C=O) groups is 1. The molecule has 1 heterocycles. The van der Waals surface area contributed by atoms with Gasteiger partial charge in [0.05, 0.1) is 11.6 Å². The van der Waals surface area contributed by atoms with Crippen molar-refractivity contribution in [3.63, 3.8) is 0 Å². The first kappa shape index (κ1) is 11.0. The lowest BCUT2D eigenvalue weighted by Crippen LogP contribution is -2.41. The summed E-state index contributed by atoms with van der Waals surface area (Å²) in [5.74, 6) is 0.746. The summed E-state index contributed by atoms with van der Waals surface area (Å²) < 4.78 is 0. The summed E-state index contributed by atoms with van der Waals surface area (Å²) in [4.78, 5) is 16.6. The number of aliphatic imine (C=N–C) groups is 1. The summed E-state index contributed by atoms with van der Waals surface area (Å²) >= 11 is 0. The van der Waals surface area contributed by atoms with Crippen LogP contribution in [0.5, 0.6) is 0 Å². The third-order valence-electron chi connectivity index (χ3n) is 4.20.